The quantitative estimate of drug-likeness (QED) is 0.707. The van der Waals surface area contributed by atoms with Crippen LogP contribution in [0.3, 0.4) is 0 Å². The van der Waals surface area contributed by atoms with E-state index in [4.69, 9.17) is 0 Å². The van der Waals surface area contributed by atoms with Crippen molar-refractivity contribution >= 4 is 17.4 Å². The summed E-state index contributed by atoms with van der Waals surface area (Å²) < 4.78 is 0. The van der Waals surface area contributed by atoms with E-state index < -0.39 is 0 Å². The number of piperidine rings is 1. The van der Waals surface area contributed by atoms with Gasteiger partial charge in [-0.15, -0.1) is 11.8 Å². The van der Waals surface area contributed by atoms with Crippen LogP contribution in [0.1, 0.15) is 53.0 Å². The smallest absolute Gasteiger partial charge is 0.0992 e. The third-order valence-corrected chi connectivity index (χ3v) is 4.52. The number of anilines is 1. The number of nitrogens with zero attached hydrogens (tertiary/aromatic N) is 2. The number of hydrogen-bond donors (Lipinski definition) is 0. The minimum absolute atomic E-state index is 0.545. The van der Waals surface area contributed by atoms with Gasteiger partial charge in [-0.1, -0.05) is 34.6 Å². The molecule has 21 heavy (non-hydrogen) atoms. The van der Waals surface area contributed by atoms with E-state index >= 15 is 0 Å². The number of benzene rings is 1. The fourth-order valence-corrected chi connectivity index (χ4v) is 3.37. The van der Waals surface area contributed by atoms with Gasteiger partial charge >= 0.3 is 0 Å². The molecule has 3 heteroatoms. The lowest BCUT2D eigenvalue weighted by Gasteiger charge is -2.32. The lowest BCUT2D eigenvalue weighted by Crippen LogP contribution is -2.32. The van der Waals surface area contributed by atoms with Gasteiger partial charge in [0.1, 0.15) is 0 Å². The Kier molecular flexibility index (Phi) is 7.67. The molecule has 1 aromatic carbocycles. The molecule has 2 nitrogen and oxygen atoms in total. The molecule has 0 spiro atoms. The average Bonchev–Trinajstić information content (AvgIpc) is 2.49. The van der Waals surface area contributed by atoms with Crippen LogP contribution < -0.4 is 4.90 Å². The molecule has 1 aliphatic heterocycles. The summed E-state index contributed by atoms with van der Waals surface area (Å²) in [5.74, 6) is 0.833. The first-order valence-corrected chi connectivity index (χ1v) is 8.93. The van der Waals surface area contributed by atoms with Gasteiger partial charge in [0.15, 0.2) is 0 Å². The lowest BCUT2D eigenvalue weighted by molar-refractivity contribution is 0.438. The van der Waals surface area contributed by atoms with Crippen LogP contribution in [-0.2, 0) is 0 Å². The third kappa shape index (κ3) is 5.63. The molecule has 0 aliphatic carbocycles. The van der Waals surface area contributed by atoms with E-state index in [1.807, 2.05) is 37.7 Å². The molecule has 0 atom stereocenters. The Balaban J connectivity index is 0.00000106. The molecule has 1 heterocycles. The highest BCUT2D eigenvalue weighted by Crippen LogP contribution is 2.30. The normalized spacial score (nSPS) is 15.4. The van der Waals surface area contributed by atoms with Crippen LogP contribution in [0.5, 0.6) is 0 Å². The topological polar surface area (TPSA) is 27.0 Å². The second-order valence-electron chi connectivity index (χ2n) is 5.66. The molecule has 0 bridgehead atoms. The highest BCUT2D eigenvalue weighted by Gasteiger charge is 2.17. The molecule has 1 aliphatic rings. The minimum atomic E-state index is 0.545. The van der Waals surface area contributed by atoms with Gasteiger partial charge in [-0.05, 0) is 37.0 Å². The van der Waals surface area contributed by atoms with Crippen LogP contribution in [0.4, 0.5) is 5.69 Å². The monoisotopic (exact) mass is 304 g/mol. The second kappa shape index (κ2) is 9.00. The van der Waals surface area contributed by atoms with E-state index in [1.165, 1.54) is 23.4 Å². The zero-order valence-electron chi connectivity index (χ0n) is 14.0. The molecule has 116 valence electrons. The van der Waals surface area contributed by atoms with Gasteiger partial charge < -0.3 is 4.90 Å². The zero-order valence-corrected chi connectivity index (χ0v) is 14.8. The molecule has 0 N–H and O–H groups in total. The molecule has 0 radical (unpaired) electrons. The largest absolute Gasteiger partial charge is 0.371 e. The maximum atomic E-state index is 9.18. The van der Waals surface area contributed by atoms with Crippen LogP contribution in [0.25, 0.3) is 0 Å². The highest BCUT2D eigenvalue weighted by molar-refractivity contribution is 7.99. The van der Waals surface area contributed by atoms with Crippen molar-refractivity contribution in [3.05, 3.63) is 23.8 Å². The van der Waals surface area contributed by atoms with Gasteiger partial charge in [-0.3, -0.25) is 0 Å². The Morgan fingerprint density at radius 2 is 1.81 bits per heavy atom. The van der Waals surface area contributed by atoms with E-state index in [-0.39, 0.29) is 0 Å². The summed E-state index contributed by atoms with van der Waals surface area (Å²) in [5.41, 5.74) is 1.99. The Labute approximate surface area is 134 Å². The summed E-state index contributed by atoms with van der Waals surface area (Å²) in [6, 6.07) is 8.56. The predicted octanol–water partition coefficient (Wildman–Crippen LogP) is 5.32. The van der Waals surface area contributed by atoms with Gasteiger partial charge in [-0.2, -0.15) is 5.26 Å². The molecular formula is C18H28N2S. The summed E-state index contributed by atoms with van der Waals surface area (Å²) in [4.78, 5) is 3.63. The van der Waals surface area contributed by atoms with E-state index in [1.54, 1.807) is 0 Å². The van der Waals surface area contributed by atoms with Crippen LogP contribution in [0.15, 0.2) is 23.1 Å². The molecule has 1 saturated heterocycles. The molecule has 1 fully saturated rings. The summed E-state index contributed by atoms with van der Waals surface area (Å²) in [6.07, 6.45) is 2.51. The average molecular weight is 305 g/mol. The molecule has 0 amide bonds. The summed E-state index contributed by atoms with van der Waals surface area (Å²) >= 11 is 1.83. The van der Waals surface area contributed by atoms with Crippen molar-refractivity contribution in [3.8, 4) is 6.07 Å². The van der Waals surface area contributed by atoms with Crippen molar-refractivity contribution in [3.63, 3.8) is 0 Å². The number of hydrogen-bond acceptors (Lipinski definition) is 3. The summed E-state index contributed by atoms with van der Waals surface area (Å²) in [7, 11) is 0. The molecular weight excluding hydrogens is 276 g/mol. The predicted molar refractivity (Wildman–Crippen MR) is 94.1 cm³/mol. The van der Waals surface area contributed by atoms with Crippen LogP contribution in [-0.4, -0.2) is 18.3 Å². The first kappa shape index (κ1) is 17.9. The standard InChI is InChI=1S/C16H22N2S.C2H6/c1-12(2)19-16-9-14(11-17)8-15(10-16)18-6-4-13(3)5-7-18;1-2/h8-10,12-13H,4-7H2,1-3H3;1-2H3. The van der Waals surface area contributed by atoms with Crippen LogP contribution >= 0.6 is 11.8 Å². The van der Waals surface area contributed by atoms with E-state index in [0.29, 0.717) is 5.25 Å². The van der Waals surface area contributed by atoms with Crippen molar-refractivity contribution in [1.29, 1.82) is 5.26 Å². The van der Waals surface area contributed by atoms with Crippen molar-refractivity contribution in [2.24, 2.45) is 5.92 Å². The van der Waals surface area contributed by atoms with Crippen LogP contribution in [0.2, 0.25) is 0 Å². The SMILES string of the molecule is CC.CC1CCN(c2cc(C#N)cc(SC(C)C)c2)CC1. The maximum absolute atomic E-state index is 9.18. The van der Waals surface area contributed by atoms with Crippen molar-refractivity contribution in [2.75, 3.05) is 18.0 Å². The van der Waals surface area contributed by atoms with Gasteiger partial charge in [0, 0.05) is 28.9 Å². The van der Waals surface area contributed by atoms with Gasteiger partial charge in [0.05, 0.1) is 11.6 Å². The summed E-state index contributed by atoms with van der Waals surface area (Å²) in [5, 5.41) is 9.73. The highest BCUT2D eigenvalue weighted by atomic mass is 32.2. The maximum Gasteiger partial charge on any atom is 0.0992 e. The van der Waals surface area contributed by atoms with Crippen molar-refractivity contribution < 1.29 is 0 Å². The van der Waals surface area contributed by atoms with Gasteiger partial charge in [0.2, 0.25) is 0 Å². The van der Waals surface area contributed by atoms with Gasteiger partial charge in [-0.25, -0.2) is 0 Å². The van der Waals surface area contributed by atoms with Crippen molar-refractivity contribution in [1.82, 2.24) is 0 Å². The fourth-order valence-electron chi connectivity index (χ4n) is 2.44. The van der Waals surface area contributed by atoms with E-state index in [2.05, 4.69) is 37.8 Å². The third-order valence-electron chi connectivity index (χ3n) is 3.54. The number of rotatable bonds is 3. The Hall–Kier alpha value is -1.14. The molecule has 1 aromatic rings. The van der Waals surface area contributed by atoms with Gasteiger partial charge in [0.25, 0.3) is 0 Å². The molecule has 0 aromatic heterocycles. The molecule has 2 rings (SSSR count). The first-order valence-electron chi connectivity index (χ1n) is 8.05. The first-order chi connectivity index (χ1) is 10.1. The zero-order chi connectivity index (χ0) is 15.8. The minimum Gasteiger partial charge on any atom is -0.371 e. The van der Waals surface area contributed by atoms with Crippen molar-refractivity contribution in [2.45, 2.75) is 57.6 Å². The van der Waals surface area contributed by atoms with E-state index in [0.717, 1.165) is 24.6 Å². The Bertz CT molecular complexity index is 469. The second-order valence-corrected chi connectivity index (χ2v) is 7.31. The Morgan fingerprint density at radius 3 is 2.33 bits per heavy atom. The lowest BCUT2D eigenvalue weighted by atomic mass is 9.98. The number of nitriles is 1. The van der Waals surface area contributed by atoms with Crippen LogP contribution in [0, 0.1) is 17.2 Å². The van der Waals surface area contributed by atoms with E-state index in [9.17, 15) is 5.26 Å². The number of thioether (sulfide) groups is 1. The summed E-state index contributed by atoms with van der Waals surface area (Å²) in [6.45, 7) is 12.9. The fraction of sp³-hybridized carbons (Fsp3) is 0.611. The molecule has 0 unspecified atom stereocenters. The molecule has 0 saturated carbocycles. The Morgan fingerprint density at radius 1 is 1.19 bits per heavy atom.